The van der Waals surface area contributed by atoms with E-state index in [1.54, 1.807) is 24.3 Å². The average molecular weight is 504 g/mol. The summed E-state index contributed by atoms with van der Waals surface area (Å²) < 4.78 is 10.9. The fourth-order valence-electron chi connectivity index (χ4n) is 3.57. The smallest absolute Gasteiger partial charge is 0.309 e. The van der Waals surface area contributed by atoms with Crippen molar-refractivity contribution in [2.45, 2.75) is 26.5 Å². The third-order valence-corrected chi connectivity index (χ3v) is 5.98. The maximum absolute atomic E-state index is 12.6. The van der Waals surface area contributed by atoms with E-state index in [2.05, 4.69) is 10.5 Å². The van der Waals surface area contributed by atoms with E-state index in [0.29, 0.717) is 52.4 Å². The summed E-state index contributed by atoms with van der Waals surface area (Å²) in [6, 6.07) is 11.9. The summed E-state index contributed by atoms with van der Waals surface area (Å²) in [4.78, 5) is 25.6. The van der Waals surface area contributed by atoms with E-state index in [0.717, 1.165) is 5.56 Å². The Balaban J connectivity index is 1.40. The molecule has 0 radical (unpaired) electrons. The molecule has 178 valence electrons. The fourth-order valence-corrected chi connectivity index (χ4v) is 4.03. The molecule has 1 aliphatic rings. The van der Waals surface area contributed by atoms with Crippen LogP contribution in [0, 0.1) is 5.92 Å². The number of likely N-dealkylation sites (tertiary alicyclic amines) is 1. The predicted molar refractivity (Wildman–Crippen MR) is 129 cm³/mol. The number of ether oxygens (including phenoxy) is 1. The van der Waals surface area contributed by atoms with Crippen LogP contribution in [0.3, 0.4) is 0 Å². The van der Waals surface area contributed by atoms with Gasteiger partial charge in [0.2, 0.25) is 0 Å². The zero-order valence-corrected chi connectivity index (χ0v) is 20.1. The van der Waals surface area contributed by atoms with Gasteiger partial charge in [-0.1, -0.05) is 40.5 Å². The maximum atomic E-state index is 12.6. The summed E-state index contributed by atoms with van der Waals surface area (Å²) in [5.74, 6) is -0.610. The molecule has 10 heteroatoms. The summed E-state index contributed by atoms with van der Waals surface area (Å²) in [5.41, 5.74) is 2.16. The van der Waals surface area contributed by atoms with Crippen molar-refractivity contribution in [1.29, 1.82) is 0 Å². The number of aromatic nitrogens is 1. The quantitative estimate of drug-likeness (QED) is 0.434. The minimum atomic E-state index is -0.775. The van der Waals surface area contributed by atoms with E-state index in [4.69, 9.17) is 37.6 Å². The second kappa shape index (κ2) is 10.0. The van der Waals surface area contributed by atoms with E-state index in [-0.39, 0.29) is 17.7 Å². The number of hydrogen-bond acceptors (Lipinski definition) is 6. The molecule has 8 nitrogen and oxygen atoms in total. The number of carboxylic acid groups (broad SMARTS) is 1. The normalized spacial score (nSPS) is 14.1. The molecule has 3 aromatic rings. The first-order valence-electron chi connectivity index (χ1n) is 10.7. The lowest BCUT2D eigenvalue weighted by atomic mass is 9.99. The van der Waals surface area contributed by atoms with E-state index >= 15 is 0 Å². The highest BCUT2D eigenvalue weighted by molar-refractivity contribution is 6.32. The lowest BCUT2D eigenvalue weighted by Gasteiger charge is -2.36. The number of benzene rings is 2. The number of amides is 1. The first-order valence-corrected chi connectivity index (χ1v) is 11.4. The van der Waals surface area contributed by atoms with E-state index in [1.807, 2.05) is 30.9 Å². The van der Waals surface area contributed by atoms with Gasteiger partial charge < -0.3 is 19.7 Å². The van der Waals surface area contributed by atoms with Crippen LogP contribution in [0.25, 0.3) is 11.3 Å². The van der Waals surface area contributed by atoms with Gasteiger partial charge in [-0.05, 0) is 43.7 Å². The molecule has 2 N–H and O–H groups in total. The zero-order valence-electron chi connectivity index (χ0n) is 18.5. The Hall–Kier alpha value is -3.07. The Kier molecular flexibility index (Phi) is 7.11. The van der Waals surface area contributed by atoms with Crippen LogP contribution in [0.5, 0.6) is 5.75 Å². The minimum Gasteiger partial charge on any atom is -0.489 e. The van der Waals surface area contributed by atoms with Crippen LogP contribution in [0.4, 0.5) is 5.69 Å². The molecule has 0 saturated carbocycles. The standard InChI is InChI=1S/C24H23Cl2N3O5/c1-13(2)33-21-6-5-17(8-19(21)26)27-23(30)20-9-22(34-28-20)14-3-4-15(18(25)7-14)10-29-11-16(12-29)24(31)32/h3-9,13,16H,10-12H2,1-2H3,(H,27,30)(H,31,32). The van der Waals surface area contributed by atoms with Crippen LogP contribution in [-0.2, 0) is 11.3 Å². The number of nitrogens with one attached hydrogen (secondary N) is 1. The lowest BCUT2D eigenvalue weighted by Crippen LogP contribution is -2.49. The molecule has 0 unspecified atom stereocenters. The van der Waals surface area contributed by atoms with Gasteiger partial charge in [0.1, 0.15) is 5.75 Å². The van der Waals surface area contributed by atoms with Gasteiger partial charge in [0.05, 0.1) is 17.0 Å². The molecule has 0 bridgehead atoms. The lowest BCUT2D eigenvalue weighted by molar-refractivity contribution is -0.147. The Labute approximate surface area is 206 Å². The van der Waals surface area contributed by atoms with Crippen molar-refractivity contribution in [3.8, 4) is 17.1 Å². The molecular weight excluding hydrogens is 481 g/mol. The van der Waals surface area contributed by atoms with Gasteiger partial charge in [-0.3, -0.25) is 14.5 Å². The van der Waals surface area contributed by atoms with E-state index in [1.165, 1.54) is 6.07 Å². The molecule has 0 aliphatic carbocycles. The predicted octanol–water partition coefficient (Wildman–Crippen LogP) is 5.20. The van der Waals surface area contributed by atoms with E-state index in [9.17, 15) is 9.59 Å². The minimum absolute atomic E-state index is 0.0194. The molecule has 1 aromatic heterocycles. The zero-order chi connectivity index (χ0) is 24.4. The number of carboxylic acids is 1. The number of halogens is 2. The molecule has 1 saturated heterocycles. The van der Waals surface area contributed by atoms with Crippen LogP contribution >= 0.6 is 23.2 Å². The average Bonchev–Trinajstić information content (AvgIpc) is 3.23. The number of nitrogens with zero attached hydrogens (tertiary/aromatic N) is 2. The van der Waals surface area contributed by atoms with Crippen molar-refractivity contribution < 1.29 is 24.0 Å². The number of anilines is 1. The SMILES string of the molecule is CC(C)Oc1ccc(NC(=O)c2cc(-c3ccc(CN4CC(C(=O)O)C4)c(Cl)c3)on2)cc1Cl. The first-order chi connectivity index (χ1) is 16.2. The van der Waals surface area contributed by atoms with Gasteiger partial charge >= 0.3 is 5.97 Å². The molecule has 1 aliphatic heterocycles. The van der Waals surface area contributed by atoms with Gasteiger partial charge in [-0.15, -0.1) is 0 Å². The van der Waals surface area contributed by atoms with Crippen molar-refractivity contribution in [3.63, 3.8) is 0 Å². The van der Waals surface area contributed by atoms with Crippen LogP contribution in [0.2, 0.25) is 10.0 Å². The largest absolute Gasteiger partial charge is 0.489 e. The third kappa shape index (κ3) is 5.52. The van der Waals surface area contributed by atoms with Crippen LogP contribution in [0.15, 0.2) is 47.0 Å². The molecule has 4 rings (SSSR count). The first kappa shape index (κ1) is 24.1. The van der Waals surface area contributed by atoms with Gasteiger partial charge in [-0.25, -0.2) is 0 Å². The number of aliphatic carboxylic acids is 1. The molecule has 1 amide bonds. The summed E-state index contributed by atoms with van der Waals surface area (Å²) in [7, 11) is 0. The number of carbonyl (C=O) groups is 2. The molecule has 2 aromatic carbocycles. The molecule has 1 fully saturated rings. The van der Waals surface area contributed by atoms with Gasteiger partial charge in [0.15, 0.2) is 11.5 Å². The molecule has 2 heterocycles. The monoisotopic (exact) mass is 503 g/mol. The summed E-state index contributed by atoms with van der Waals surface area (Å²) >= 11 is 12.7. The topological polar surface area (TPSA) is 105 Å². The molecule has 0 atom stereocenters. The number of carbonyl (C=O) groups excluding carboxylic acids is 1. The second-order valence-electron chi connectivity index (χ2n) is 8.38. The van der Waals surface area contributed by atoms with Crippen LogP contribution in [-0.4, -0.2) is 46.2 Å². The number of rotatable bonds is 8. The Morgan fingerprint density at radius 1 is 1.18 bits per heavy atom. The fraction of sp³-hybridized carbons (Fsp3) is 0.292. The van der Waals surface area contributed by atoms with Crippen molar-refractivity contribution in [2.75, 3.05) is 18.4 Å². The second-order valence-corrected chi connectivity index (χ2v) is 9.19. The van der Waals surface area contributed by atoms with Crippen molar-refractivity contribution in [1.82, 2.24) is 10.1 Å². The van der Waals surface area contributed by atoms with E-state index < -0.39 is 11.9 Å². The van der Waals surface area contributed by atoms with Gasteiger partial charge in [0.25, 0.3) is 5.91 Å². The summed E-state index contributed by atoms with van der Waals surface area (Å²) in [6.45, 7) is 5.38. The molecule has 34 heavy (non-hydrogen) atoms. The number of hydrogen-bond donors (Lipinski definition) is 2. The third-order valence-electron chi connectivity index (χ3n) is 5.33. The van der Waals surface area contributed by atoms with Crippen LogP contribution in [0.1, 0.15) is 29.9 Å². The van der Waals surface area contributed by atoms with Gasteiger partial charge in [-0.2, -0.15) is 0 Å². The Bertz CT molecular complexity index is 1220. The molecule has 0 spiro atoms. The van der Waals surface area contributed by atoms with Crippen molar-refractivity contribution >= 4 is 40.8 Å². The highest BCUT2D eigenvalue weighted by Crippen LogP contribution is 2.30. The summed E-state index contributed by atoms with van der Waals surface area (Å²) in [6.07, 6.45) is -0.0194. The highest BCUT2D eigenvalue weighted by atomic mass is 35.5. The molecular formula is C24H23Cl2N3O5. The van der Waals surface area contributed by atoms with Crippen molar-refractivity contribution in [2.24, 2.45) is 5.92 Å². The maximum Gasteiger partial charge on any atom is 0.309 e. The summed E-state index contributed by atoms with van der Waals surface area (Å²) in [5, 5.41) is 16.5. The van der Waals surface area contributed by atoms with Gasteiger partial charge in [0, 0.05) is 42.0 Å². The van der Waals surface area contributed by atoms with Crippen molar-refractivity contribution in [3.05, 3.63) is 63.8 Å². The Morgan fingerprint density at radius 2 is 1.94 bits per heavy atom. The highest BCUT2D eigenvalue weighted by Gasteiger charge is 2.32. The Morgan fingerprint density at radius 3 is 2.59 bits per heavy atom. The van der Waals surface area contributed by atoms with Crippen LogP contribution < -0.4 is 10.1 Å².